The molecule has 0 bridgehead atoms. The highest BCUT2D eigenvalue weighted by atomic mass is 14.8. The highest BCUT2D eigenvalue weighted by Crippen LogP contribution is 2.42. The molecule has 1 aliphatic carbocycles. The van der Waals surface area contributed by atoms with Gasteiger partial charge in [0.25, 0.3) is 0 Å². The van der Waals surface area contributed by atoms with Gasteiger partial charge in [0, 0.05) is 19.2 Å². The van der Waals surface area contributed by atoms with Crippen LogP contribution in [0.2, 0.25) is 0 Å². The molecule has 1 fully saturated rings. The molecule has 0 radical (unpaired) electrons. The lowest BCUT2D eigenvalue weighted by Crippen LogP contribution is -2.15. The van der Waals surface area contributed by atoms with Crippen molar-refractivity contribution < 1.29 is 0 Å². The average Bonchev–Trinajstić information content (AvgIpc) is 2.42. The molecule has 0 aromatic heterocycles. The predicted molar refractivity (Wildman–Crippen MR) is 88.0 cm³/mol. The summed E-state index contributed by atoms with van der Waals surface area (Å²) in [5.41, 5.74) is 8.00. The van der Waals surface area contributed by atoms with Crippen molar-refractivity contribution in [2.24, 2.45) is 0 Å². The van der Waals surface area contributed by atoms with E-state index in [1.807, 2.05) is 7.05 Å². The number of aryl methyl sites for hydroxylation is 2. The van der Waals surface area contributed by atoms with Crippen molar-refractivity contribution in [1.82, 2.24) is 5.32 Å². The van der Waals surface area contributed by atoms with Crippen LogP contribution in [0.4, 0.5) is 0 Å². The van der Waals surface area contributed by atoms with E-state index in [9.17, 15) is 0 Å². The fourth-order valence-corrected chi connectivity index (χ4v) is 3.07. The molecule has 1 unspecified atom stereocenters. The summed E-state index contributed by atoms with van der Waals surface area (Å²) >= 11 is 0. The van der Waals surface area contributed by atoms with Crippen molar-refractivity contribution in [3.8, 4) is 0 Å². The van der Waals surface area contributed by atoms with E-state index in [1.165, 1.54) is 33.4 Å². The van der Waals surface area contributed by atoms with Crippen LogP contribution in [0.3, 0.4) is 0 Å². The van der Waals surface area contributed by atoms with Gasteiger partial charge < -0.3 is 5.32 Å². The number of hydrogen-bond acceptors (Lipinski definition) is 1. The van der Waals surface area contributed by atoms with Crippen LogP contribution in [0.1, 0.15) is 42.4 Å². The van der Waals surface area contributed by atoms with Crippen LogP contribution in [0.15, 0.2) is 54.3 Å². The van der Waals surface area contributed by atoms with E-state index < -0.39 is 0 Å². The molecule has 1 atom stereocenters. The van der Waals surface area contributed by atoms with Crippen molar-refractivity contribution >= 4 is 0 Å². The summed E-state index contributed by atoms with van der Waals surface area (Å²) in [4.78, 5) is 0. The number of rotatable bonds is 3. The predicted octanol–water partition coefficient (Wildman–Crippen LogP) is 4.65. The van der Waals surface area contributed by atoms with E-state index in [0.717, 1.165) is 19.3 Å². The van der Waals surface area contributed by atoms with Gasteiger partial charge in [-0.2, -0.15) is 0 Å². The lowest BCUT2D eigenvalue weighted by Gasteiger charge is -2.30. The van der Waals surface area contributed by atoms with Gasteiger partial charge in [0.2, 0.25) is 0 Å². The minimum atomic E-state index is 0.391. The molecule has 20 heavy (non-hydrogen) atoms. The van der Waals surface area contributed by atoms with Crippen LogP contribution in [0, 0.1) is 6.92 Å². The van der Waals surface area contributed by atoms with Crippen LogP contribution < -0.4 is 5.32 Å². The van der Waals surface area contributed by atoms with Crippen molar-refractivity contribution in [2.75, 3.05) is 7.05 Å². The van der Waals surface area contributed by atoms with Gasteiger partial charge >= 0.3 is 0 Å². The lowest BCUT2D eigenvalue weighted by atomic mass is 9.75. The Morgan fingerprint density at radius 3 is 2.75 bits per heavy atom. The zero-order chi connectivity index (χ0) is 14.7. The first-order chi connectivity index (χ1) is 9.56. The molecule has 1 aliphatic rings. The maximum absolute atomic E-state index is 4.23. The molecule has 1 aromatic carbocycles. The molecule has 0 amide bonds. The van der Waals surface area contributed by atoms with Gasteiger partial charge in [0.1, 0.15) is 0 Å². The van der Waals surface area contributed by atoms with E-state index in [-0.39, 0.29) is 0 Å². The molecule has 106 valence electrons. The summed E-state index contributed by atoms with van der Waals surface area (Å²) in [6.07, 6.45) is 5.14. The average molecular weight is 267 g/mol. The molecule has 1 heteroatoms. The summed E-state index contributed by atoms with van der Waals surface area (Å²) < 4.78 is 0. The molecule has 1 N–H and O–H groups in total. The van der Waals surface area contributed by atoms with E-state index >= 15 is 0 Å². The Morgan fingerprint density at radius 1 is 1.35 bits per heavy atom. The minimum Gasteiger partial charge on any atom is -0.394 e. The molecular weight excluding hydrogens is 242 g/mol. The molecule has 2 rings (SSSR count). The van der Waals surface area contributed by atoms with Gasteiger partial charge in [-0.3, -0.25) is 0 Å². The topological polar surface area (TPSA) is 12.0 Å². The minimum absolute atomic E-state index is 0.391. The van der Waals surface area contributed by atoms with E-state index in [4.69, 9.17) is 0 Å². The third kappa shape index (κ3) is 2.87. The zero-order valence-electron chi connectivity index (χ0n) is 12.9. The molecule has 0 aliphatic heterocycles. The maximum Gasteiger partial charge on any atom is 0.0143 e. The summed E-state index contributed by atoms with van der Waals surface area (Å²) in [5, 5.41) is 3.17. The van der Waals surface area contributed by atoms with Crippen LogP contribution in [0.25, 0.3) is 0 Å². The quantitative estimate of drug-likeness (QED) is 0.786. The Balaban J connectivity index is 2.44. The van der Waals surface area contributed by atoms with Crippen molar-refractivity contribution in [1.29, 1.82) is 0 Å². The molecule has 0 heterocycles. The largest absolute Gasteiger partial charge is 0.394 e. The first kappa shape index (κ1) is 14.6. The monoisotopic (exact) mass is 267 g/mol. The van der Waals surface area contributed by atoms with Crippen molar-refractivity contribution in [2.45, 2.75) is 39.0 Å². The Morgan fingerprint density at radius 2 is 2.10 bits per heavy atom. The SMILES string of the molecule is C=C1CC(=C)/C(=C\NC)C(c2ccc(C)c(CC)c2)C1. The standard InChI is InChI=1S/C19H25N/c1-6-16-11-17(8-7-14(16)3)18-10-13(2)9-15(4)19(18)12-20-5/h7-8,11-12,18,20H,2,4,6,9-10H2,1,3,5H3/b19-12+. The Hall–Kier alpha value is -1.76. The number of benzene rings is 1. The second kappa shape index (κ2) is 6.13. The van der Waals surface area contributed by atoms with Gasteiger partial charge in [-0.05, 0) is 54.0 Å². The fourth-order valence-electron chi connectivity index (χ4n) is 3.07. The van der Waals surface area contributed by atoms with Gasteiger partial charge in [-0.25, -0.2) is 0 Å². The van der Waals surface area contributed by atoms with Crippen LogP contribution in [0.5, 0.6) is 0 Å². The third-order valence-electron chi connectivity index (χ3n) is 4.20. The molecular formula is C19H25N. The zero-order valence-corrected chi connectivity index (χ0v) is 12.9. The summed E-state index contributed by atoms with van der Waals surface area (Å²) in [6.45, 7) is 12.8. The number of hydrogen-bond donors (Lipinski definition) is 1. The van der Waals surface area contributed by atoms with Crippen LogP contribution in [-0.4, -0.2) is 7.05 Å². The molecule has 0 saturated heterocycles. The van der Waals surface area contributed by atoms with Crippen molar-refractivity contribution in [3.63, 3.8) is 0 Å². The number of allylic oxidation sites excluding steroid dienone is 3. The third-order valence-corrected chi connectivity index (χ3v) is 4.20. The normalized spacial score (nSPS) is 21.4. The summed E-state index contributed by atoms with van der Waals surface area (Å²) in [6, 6.07) is 6.86. The van der Waals surface area contributed by atoms with Crippen LogP contribution >= 0.6 is 0 Å². The first-order valence-electron chi connectivity index (χ1n) is 7.38. The molecule has 1 nitrogen and oxygen atoms in total. The Labute approximate surface area is 123 Å². The molecule has 1 saturated carbocycles. The highest BCUT2D eigenvalue weighted by Gasteiger charge is 2.25. The Kier molecular flexibility index (Phi) is 4.49. The summed E-state index contributed by atoms with van der Waals surface area (Å²) in [7, 11) is 1.95. The van der Waals surface area contributed by atoms with Gasteiger partial charge in [0.15, 0.2) is 0 Å². The molecule has 0 spiro atoms. The number of nitrogens with one attached hydrogen (secondary N) is 1. The lowest BCUT2D eigenvalue weighted by molar-refractivity contribution is 0.714. The molecule has 1 aromatic rings. The van der Waals surface area contributed by atoms with Crippen LogP contribution in [-0.2, 0) is 6.42 Å². The summed E-state index contributed by atoms with van der Waals surface area (Å²) in [5.74, 6) is 0.391. The second-order valence-electron chi connectivity index (χ2n) is 5.71. The highest BCUT2D eigenvalue weighted by molar-refractivity contribution is 5.47. The van der Waals surface area contributed by atoms with Gasteiger partial charge in [-0.15, -0.1) is 0 Å². The van der Waals surface area contributed by atoms with Gasteiger partial charge in [-0.1, -0.05) is 43.9 Å². The second-order valence-corrected chi connectivity index (χ2v) is 5.71. The van der Waals surface area contributed by atoms with E-state index in [2.05, 4.69) is 56.7 Å². The van der Waals surface area contributed by atoms with Crippen molar-refractivity contribution in [3.05, 3.63) is 71.0 Å². The fraction of sp³-hybridized carbons (Fsp3) is 0.368. The first-order valence-corrected chi connectivity index (χ1v) is 7.38. The van der Waals surface area contributed by atoms with Gasteiger partial charge in [0.05, 0.1) is 0 Å². The Bertz CT molecular complexity index is 563. The smallest absolute Gasteiger partial charge is 0.0143 e. The maximum atomic E-state index is 4.23. The van der Waals surface area contributed by atoms with E-state index in [0.29, 0.717) is 5.92 Å². The van der Waals surface area contributed by atoms with E-state index in [1.54, 1.807) is 0 Å².